The highest BCUT2D eigenvalue weighted by molar-refractivity contribution is 5.26. The monoisotopic (exact) mass is 373 g/mol. The van der Waals surface area contributed by atoms with Crippen molar-refractivity contribution in [2.45, 2.75) is 31.3 Å². The van der Waals surface area contributed by atoms with E-state index in [2.05, 4.69) is 4.90 Å². The van der Waals surface area contributed by atoms with Crippen LogP contribution in [0.1, 0.15) is 24.0 Å². The van der Waals surface area contributed by atoms with Crippen LogP contribution >= 0.6 is 0 Å². The Balaban J connectivity index is 1.31. The molecule has 0 bridgehead atoms. The number of rotatable bonds is 5. The normalized spacial score (nSPS) is 27.8. The average molecular weight is 373 g/mol. The number of benzene rings is 2. The van der Waals surface area contributed by atoms with Crippen LogP contribution in [-0.2, 0) is 12.8 Å². The molecule has 1 heterocycles. The standard InChI is InChI=1S/C22H25F2NO2/c23-19-4-3-16(21(24)9-19)10-22(27)11-17-13-25(14-18(17)12-22)8-7-15-1-5-20(26)6-2-15/h1-6,9,17-18,26-27H,7-8,10-14H2/t17-,18+,22-. The van der Waals surface area contributed by atoms with Gasteiger partial charge < -0.3 is 15.1 Å². The molecule has 0 aromatic heterocycles. The zero-order valence-electron chi connectivity index (χ0n) is 15.2. The fourth-order valence-electron chi connectivity index (χ4n) is 4.85. The fourth-order valence-corrected chi connectivity index (χ4v) is 4.85. The lowest BCUT2D eigenvalue weighted by Crippen LogP contribution is -2.33. The van der Waals surface area contributed by atoms with Crippen molar-refractivity contribution in [2.75, 3.05) is 19.6 Å². The fraction of sp³-hybridized carbons (Fsp3) is 0.455. The number of phenols is 1. The Morgan fingerprint density at radius 3 is 2.30 bits per heavy atom. The Morgan fingerprint density at radius 1 is 1.00 bits per heavy atom. The third-order valence-electron chi connectivity index (χ3n) is 6.12. The number of nitrogens with zero attached hydrogens (tertiary/aromatic N) is 1. The van der Waals surface area contributed by atoms with Gasteiger partial charge in [-0.3, -0.25) is 0 Å². The third kappa shape index (κ3) is 4.14. The number of fused-ring (bicyclic) bond motifs is 1. The molecule has 4 rings (SSSR count). The van der Waals surface area contributed by atoms with Crippen LogP contribution in [0, 0.1) is 23.5 Å². The summed E-state index contributed by atoms with van der Waals surface area (Å²) in [6.45, 7) is 2.87. The molecule has 2 aliphatic rings. The Morgan fingerprint density at radius 2 is 1.67 bits per heavy atom. The summed E-state index contributed by atoms with van der Waals surface area (Å²) in [5, 5.41) is 20.3. The Hall–Kier alpha value is -1.98. The van der Waals surface area contributed by atoms with Gasteiger partial charge >= 0.3 is 0 Å². The zero-order valence-corrected chi connectivity index (χ0v) is 15.2. The van der Waals surface area contributed by atoms with Crippen LogP contribution in [0.3, 0.4) is 0 Å². The smallest absolute Gasteiger partial charge is 0.129 e. The van der Waals surface area contributed by atoms with Gasteiger partial charge in [0.15, 0.2) is 0 Å². The lowest BCUT2D eigenvalue weighted by molar-refractivity contribution is 0.0347. The number of phenolic OH excluding ortho intramolecular Hbond substituents is 1. The quantitative estimate of drug-likeness (QED) is 0.843. The first-order valence-electron chi connectivity index (χ1n) is 9.57. The van der Waals surface area contributed by atoms with Gasteiger partial charge in [-0.15, -0.1) is 0 Å². The van der Waals surface area contributed by atoms with E-state index < -0.39 is 17.2 Å². The van der Waals surface area contributed by atoms with E-state index in [1.807, 2.05) is 12.1 Å². The van der Waals surface area contributed by atoms with Gasteiger partial charge in [-0.1, -0.05) is 18.2 Å². The Labute approximate surface area is 158 Å². The molecule has 3 atom stereocenters. The first-order valence-corrected chi connectivity index (χ1v) is 9.57. The topological polar surface area (TPSA) is 43.7 Å². The molecule has 144 valence electrons. The highest BCUT2D eigenvalue weighted by atomic mass is 19.1. The summed E-state index contributed by atoms with van der Waals surface area (Å²) in [7, 11) is 0. The van der Waals surface area contributed by atoms with Crippen molar-refractivity contribution in [3.05, 3.63) is 65.2 Å². The van der Waals surface area contributed by atoms with E-state index in [1.54, 1.807) is 12.1 Å². The van der Waals surface area contributed by atoms with Crippen LogP contribution in [0.5, 0.6) is 5.75 Å². The van der Waals surface area contributed by atoms with E-state index >= 15 is 0 Å². The van der Waals surface area contributed by atoms with Gasteiger partial charge in [0.25, 0.3) is 0 Å². The largest absolute Gasteiger partial charge is 0.508 e. The molecule has 1 saturated carbocycles. The summed E-state index contributed by atoms with van der Waals surface area (Å²) in [4.78, 5) is 2.43. The summed E-state index contributed by atoms with van der Waals surface area (Å²) in [5.41, 5.74) is 0.702. The lowest BCUT2D eigenvalue weighted by atomic mass is 9.91. The van der Waals surface area contributed by atoms with E-state index in [9.17, 15) is 19.0 Å². The molecule has 1 aliphatic carbocycles. The van der Waals surface area contributed by atoms with Crippen molar-refractivity contribution in [1.82, 2.24) is 4.90 Å². The molecule has 2 aromatic carbocycles. The minimum Gasteiger partial charge on any atom is -0.508 e. The summed E-state index contributed by atoms with van der Waals surface area (Å²) in [5.74, 6) is -0.0187. The Kier molecular flexibility index (Phi) is 4.91. The van der Waals surface area contributed by atoms with Crippen LogP contribution < -0.4 is 0 Å². The molecule has 27 heavy (non-hydrogen) atoms. The maximum absolute atomic E-state index is 13.9. The van der Waals surface area contributed by atoms with Crippen molar-refractivity contribution >= 4 is 0 Å². The van der Waals surface area contributed by atoms with E-state index in [0.29, 0.717) is 30.2 Å². The SMILES string of the molecule is Oc1ccc(CCN2C[C@@H]3C[C@@](O)(Cc4ccc(F)cc4F)C[C@@H]3C2)cc1. The molecule has 1 aliphatic heterocycles. The second kappa shape index (κ2) is 7.21. The van der Waals surface area contributed by atoms with Crippen molar-refractivity contribution in [1.29, 1.82) is 0 Å². The van der Waals surface area contributed by atoms with Crippen LogP contribution in [0.4, 0.5) is 8.78 Å². The third-order valence-corrected chi connectivity index (χ3v) is 6.12. The molecule has 0 spiro atoms. The number of aromatic hydroxyl groups is 1. The lowest BCUT2D eigenvalue weighted by Gasteiger charge is -2.26. The van der Waals surface area contributed by atoms with Crippen LogP contribution in [-0.4, -0.2) is 40.3 Å². The molecule has 1 saturated heterocycles. The second-order valence-corrected chi connectivity index (χ2v) is 8.24. The molecule has 0 amide bonds. The summed E-state index contributed by atoms with van der Waals surface area (Å²) < 4.78 is 27.0. The molecule has 0 unspecified atom stereocenters. The molecule has 0 radical (unpaired) electrons. The van der Waals surface area contributed by atoms with Gasteiger partial charge in [0, 0.05) is 32.1 Å². The summed E-state index contributed by atoms with van der Waals surface area (Å²) in [6.07, 6.45) is 2.53. The van der Waals surface area contributed by atoms with Crippen molar-refractivity contribution < 1.29 is 19.0 Å². The molecule has 2 aromatic rings. The van der Waals surface area contributed by atoms with Crippen molar-refractivity contribution in [2.24, 2.45) is 11.8 Å². The van der Waals surface area contributed by atoms with Gasteiger partial charge in [0.05, 0.1) is 5.60 Å². The zero-order chi connectivity index (χ0) is 19.0. The van der Waals surface area contributed by atoms with E-state index in [-0.39, 0.29) is 12.2 Å². The van der Waals surface area contributed by atoms with Crippen LogP contribution in [0.15, 0.2) is 42.5 Å². The van der Waals surface area contributed by atoms with Gasteiger partial charge in [-0.05, 0) is 60.4 Å². The average Bonchev–Trinajstić information content (AvgIpc) is 3.11. The van der Waals surface area contributed by atoms with Gasteiger partial charge in [0.2, 0.25) is 0 Å². The van der Waals surface area contributed by atoms with Gasteiger partial charge in [-0.25, -0.2) is 8.78 Å². The molecule has 3 nitrogen and oxygen atoms in total. The molecular formula is C22H25F2NO2. The Bertz CT molecular complexity index is 794. The number of hydrogen-bond acceptors (Lipinski definition) is 3. The first kappa shape index (κ1) is 18.4. The van der Waals surface area contributed by atoms with Crippen molar-refractivity contribution in [3.8, 4) is 5.75 Å². The predicted molar refractivity (Wildman–Crippen MR) is 99.5 cm³/mol. The first-order chi connectivity index (χ1) is 12.9. The maximum Gasteiger partial charge on any atom is 0.129 e. The van der Waals surface area contributed by atoms with Crippen molar-refractivity contribution in [3.63, 3.8) is 0 Å². The van der Waals surface area contributed by atoms with Gasteiger partial charge in [-0.2, -0.15) is 0 Å². The number of hydrogen-bond donors (Lipinski definition) is 2. The van der Waals surface area contributed by atoms with E-state index in [1.165, 1.54) is 17.7 Å². The maximum atomic E-state index is 13.9. The van der Waals surface area contributed by atoms with Gasteiger partial charge in [0.1, 0.15) is 17.4 Å². The predicted octanol–water partition coefficient (Wildman–Crippen LogP) is 3.53. The number of halogens is 2. The molecule has 2 N–H and O–H groups in total. The highest BCUT2D eigenvalue weighted by Crippen LogP contribution is 2.45. The highest BCUT2D eigenvalue weighted by Gasteiger charge is 2.48. The van der Waals surface area contributed by atoms with Crippen LogP contribution in [0.2, 0.25) is 0 Å². The summed E-state index contributed by atoms with van der Waals surface area (Å²) in [6, 6.07) is 10.9. The molecule has 2 fully saturated rings. The van der Waals surface area contributed by atoms with E-state index in [4.69, 9.17) is 0 Å². The summed E-state index contributed by atoms with van der Waals surface area (Å²) >= 11 is 0. The number of likely N-dealkylation sites (tertiary alicyclic amines) is 1. The number of aliphatic hydroxyl groups is 1. The minimum atomic E-state index is -0.892. The van der Waals surface area contributed by atoms with Crippen LogP contribution in [0.25, 0.3) is 0 Å². The van der Waals surface area contributed by atoms with E-state index in [0.717, 1.165) is 32.1 Å². The molecule has 5 heteroatoms. The second-order valence-electron chi connectivity index (χ2n) is 8.24. The molecular weight excluding hydrogens is 348 g/mol. The minimum absolute atomic E-state index is 0.250.